The molecule has 1 aliphatic heterocycles. The van der Waals surface area contributed by atoms with Crippen molar-refractivity contribution in [3.8, 4) is 0 Å². The second-order valence-corrected chi connectivity index (χ2v) is 2.79. The Morgan fingerprint density at radius 3 is 2.27 bits per heavy atom. The van der Waals surface area contributed by atoms with E-state index in [1.807, 2.05) is 0 Å². The molecule has 5 N–H and O–H groups in total. The molecule has 0 amide bonds. The van der Waals surface area contributed by atoms with Crippen LogP contribution in [0, 0.1) is 0 Å². The minimum atomic E-state index is -1.29. The minimum Gasteiger partial charge on any atom is -0.389 e. The van der Waals surface area contributed by atoms with Gasteiger partial charge < -0.3 is 25.8 Å². The lowest BCUT2D eigenvalue weighted by Gasteiger charge is -2.37. The Kier molecular flexibility index (Phi) is 2.46. The van der Waals surface area contributed by atoms with E-state index in [0.717, 1.165) is 0 Å². The molecule has 0 bridgehead atoms. The molecule has 66 valence electrons. The van der Waals surface area contributed by atoms with Crippen molar-refractivity contribution < 1.29 is 20.1 Å². The number of aliphatic hydroxyl groups is 3. The fraction of sp³-hybridized carbons (Fsp3) is 1.00. The van der Waals surface area contributed by atoms with Crippen molar-refractivity contribution in [1.29, 1.82) is 0 Å². The third-order valence-electron chi connectivity index (χ3n) is 1.92. The van der Waals surface area contributed by atoms with Crippen LogP contribution in [0.5, 0.6) is 0 Å². The average molecular weight is 163 g/mol. The number of ether oxygens (including phenoxy) is 1. The van der Waals surface area contributed by atoms with Gasteiger partial charge in [-0.25, -0.2) is 0 Å². The van der Waals surface area contributed by atoms with Crippen molar-refractivity contribution in [1.82, 2.24) is 0 Å². The van der Waals surface area contributed by atoms with Crippen LogP contribution in [0.4, 0.5) is 0 Å². The predicted molar refractivity (Wildman–Crippen MR) is 36.5 cm³/mol. The quantitative estimate of drug-likeness (QED) is 0.324. The SMILES string of the molecule is C[C@@H]1OC(O)[C@H](O)[C@@H](N)[C@H]1O. The van der Waals surface area contributed by atoms with E-state index in [-0.39, 0.29) is 0 Å². The highest BCUT2D eigenvalue weighted by molar-refractivity contribution is 4.89. The van der Waals surface area contributed by atoms with Crippen molar-refractivity contribution in [3.63, 3.8) is 0 Å². The summed E-state index contributed by atoms with van der Waals surface area (Å²) in [5.41, 5.74) is 5.36. The van der Waals surface area contributed by atoms with E-state index < -0.39 is 30.6 Å². The average Bonchev–Trinajstić information content (AvgIpc) is 1.97. The van der Waals surface area contributed by atoms with Crippen molar-refractivity contribution in [2.75, 3.05) is 0 Å². The predicted octanol–water partition coefficient (Wildman–Crippen LogP) is -2.23. The summed E-state index contributed by atoms with van der Waals surface area (Å²) < 4.78 is 4.76. The van der Waals surface area contributed by atoms with Crippen LogP contribution in [-0.2, 0) is 4.74 Å². The molecule has 0 aliphatic carbocycles. The molecule has 5 nitrogen and oxygen atoms in total. The van der Waals surface area contributed by atoms with Gasteiger partial charge in [0, 0.05) is 0 Å². The Bertz CT molecular complexity index is 129. The third kappa shape index (κ3) is 1.52. The topological polar surface area (TPSA) is 95.9 Å². The minimum absolute atomic E-state index is 0.539. The van der Waals surface area contributed by atoms with Gasteiger partial charge >= 0.3 is 0 Å². The van der Waals surface area contributed by atoms with Crippen molar-refractivity contribution in [2.24, 2.45) is 5.73 Å². The maximum atomic E-state index is 9.21. The van der Waals surface area contributed by atoms with Crippen LogP contribution < -0.4 is 5.73 Å². The summed E-state index contributed by atoms with van der Waals surface area (Å²) in [6.07, 6.45) is -3.96. The van der Waals surface area contributed by atoms with Crippen LogP contribution in [0.1, 0.15) is 6.92 Å². The van der Waals surface area contributed by atoms with Crippen molar-refractivity contribution in [3.05, 3.63) is 0 Å². The monoisotopic (exact) mass is 163 g/mol. The Labute approximate surface area is 64.4 Å². The first-order chi connectivity index (χ1) is 5.04. The molecule has 1 aliphatic rings. The molecule has 1 fully saturated rings. The van der Waals surface area contributed by atoms with E-state index in [1.165, 1.54) is 0 Å². The molecule has 0 aromatic heterocycles. The first kappa shape index (κ1) is 8.89. The standard InChI is InChI=1S/C6H13NO4/c1-2-4(8)3(7)5(9)6(10)11-2/h2-6,8-10H,7H2,1H3/t2-,3-,4-,5+,6?/m0/s1. The first-order valence-corrected chi connectivity index (χ1v) is 3.49. The van der Waals surface area contributed by atoms with Crippen LogP contribution in [0.15, 0.2) is 0 Å². The lowest BCUT2D eigenvalue weighted by Crippen LogP contribution is -2.60. The number of hydrogen-bond acceptors (Lipinski definition) is 5. The number of hydrogen-bond donors (Lipinski definition) is 4. The lowest BCUT2D eigenvalue weighted by molar-refractivity contribution is -0.247. The van der Waals surface area contributed by atoms with Gasteiger partial charge in [-0.1, -0.05) is 0 Å². The Morgan fingerprint density at radius 1 is 1.18 bits per heavy atom. The molecule has 1 heterocycles. The van der Waals surface area contributed by atoms with Crippen LogP contribution in [-0.4, -0.2) is 46.0 Å². The molecule has 5 heteroatoms. The van der Waals surface area contributed by atoms with Crippen molar-refractivity contribution in [2.45, 2.75) is 37.6 Å². The highest BCUT2D eigenvalue weighted by Gasteiger charge is 2.39. The first-order valence-electron chi connectivity index (χ1n) is 3.49. The van der Waals surface area contributed by atoms with E-state index in [2.05, 4.69) is 0 Å². The summed E-state index contributed by atoms with van der Waals surface area (Å²) in [7, 11) is 0. The summed E-state index contributed by atoms with van der Waals surface area (Å²) in [4.78, 5) is 0. The fourth-order valence-electron chi connectivity index (χ4n) is 1.09. The normalized spacial score (nSPS) is 52.6. The molecule has 5 atom stereocenters. The van der Waals surface area contributed by atoms with Gasteiger partial charge in [-0.3, -0.25) is 0 Å². The summed E-state index contributed by atoms with van der Waals surface area (Å²) >= 11 is 0. The summed E-state index contributed by atoms with van der Waals surface area (Å²) in [6.45, 7) is 1.58. The van der Waals surface area contributed by atoms with E-state index >= 15 is 0 Å². The molecule has 11 heavy (non-hydrogen) atoms. The Balaban J connectivity index is 2.63. The lowest BCUT2D eigenvalue weighted by atomic mass is 9.98. The molecule has 1 rings (SSSR count). The Hall–Kier alpha value is -0.200. The molecule has 0 radical (unpaired) electrons. The summed E-state index contributed by atoms with van der Waals surface area (Å²) in [6, 6.07) is -0.839. The molecular formula is C6H13NO4. The van der Waals surface area contributed by atoms with Gasteiger partial charge in [0.05, 0.1) is 18.2 Å². The van der Waals surface area contributed by atoms with Gasteiger partial charge in [0.25, 0.3) is 0 Å². The molecular weight excluding hydrogens is 150 g/mol. The fourth-order valence-corrected chi connectivity index (χ4v) is 1.09. The molecule has 0 aromatic carbocycles. The van der Waals surface area contributed by atoms with Crippen LogP contribution in [0.25, 0.3) is 0 Å². The number of rotatable bonds is 0. The second-order valence-electron chi connectivity index (χ2n) is 2.79. The highest BCUT2D eigenvalue weighted by Crippen LogP contribution is 2.17. The van der Waals surface area contributed by atoms with E-state index in [4.69, 9.17) is 20.7 Å². The van der Waals surface area contributed by atoms with Gasteiger partial charge in [-0.05, 0) is 6.92 Å². The van der Waals surface area contributed by atoms with E-state index in [0.29, 0.717) is 0 Å². The van der Waals surface area contributed by atoms with Gasteiger partial charge in [0.2, 0.25) is 0 Å². The van der Waals surface area contributed by atoms with Crippen LogP contribution in [0.3, 0.4) is 0 Å². The molecule has 1 saturated heterocycles. The van der Waals surface area contributed by atoms with Crippen LogP contribution in [0.2, 0.25) is 0 Å². The third-order valence-corrected chi connectivity index (χ3v) is 1.92. The molecule has 0 saturated carbocycles. The Morgan fingerprint density at radius 2 is 1.73 bits per heavy atom. The molecule has 0 spiro atoms. The smallest absolute Gasteiger partial charge is 0.182 e. The van der Waals surface area contributed by atoms with Gasteiger partial charge in [-0.15, -0.1) is 0 Å². The maximum absolute atomic E-state index is 9.21. The molecule has 1 unspecified atom stereocenters. The molecule has 0 aromatic rings. The zero-order valence-corrected chi connectivity index (χ0v) is 6.21. The summed E-state index contributed by atoms with van der Waals surface area (Å²) in [5.74, 6) is 0. The zero-order chi connectivity index (χ0) is 8.59. The number of aliphatic hydroxyl groups excluding tert-OH is 3. The van der Waals surface area contributed by atoms with Gasteiger partial charge in [0.15, 0.2) is 6.29 Å². The van der Waals surface area contributed by atoms with Crippen molar-refractivity contribution >= 4 is 0 Å². The van der Waals surface area contributed by atoms with Gasteiger partial charge in [0.1, 0.15) is 6.10 Å². The largest absolute Gasteiger partial charge is 0.389 e. The van der Waals surface area contributed by atoms with E-state index in [9.17, 15) is 5.11 Å². The van der Waals surface area contributed by atoms with Gasteiger partial charge in [-0.2, -0.15) is 0 Å². The second kappa shape index (κ2) is 3.04. The maximum Gasteiger partial charge on any atom is 0.182 e. The van der Waals surface area contributed by atoms with E-state index in [1.54, 1.807) is 6.92 Å². The van der Waals surface area contributed by atoms with Crippen LogP contribution >= 0.6 is 0 Å². The highest BCUT2D eigenvalue weighted by atomic mass is 16.6. The zero-order valence-electron chi connectivity index (χ0n) is 6.21. The summed E-state index contributed by atoms with van der Waals surface area (Å²) in [5, 5.41) is 27.3. The number of nitrogens with two attached hydrogens (primary N) is 1.